The average molecular weight is 814 g/mol. The van der Waals surface area contributed by atoms with E-state index in [9.17, 15) is 9.59 Å². The smallest absolute Gasteiger partial charge is 0.319 e. The second-order valence-corrected chi connectivity index (χ2v) is 14.7. The van der Waals surface area contributed by atoms with Crippen molar-refractivity contribution < 1.29 is 38.0 Å². The summed E-state index contributed by atoms with van der Waals surface area (Å²) in [7, 11) is 3.34. The Kier molecular flexibility index (Phi) is 15.4. The lowest BCUT2D eigenvalue weighted by Gasteiger charge is -2.31. The maximum absolute atomic E-state index is 13.9. The summed E-state index contributed by atoms with van der Waals surface area (Å²) in [6.45, 7) is 10.4. The maximum Gasteiger partial charge on any atom is 0.319 e. The van der Waals surface area contributed by atoms with Crippen molar-refractivity contribution in [3.63, 3.8) is 0 Å². The van der Waals surface area contributed by atoms with Gasteiger partial charge in [0.2, 0.25) is 0 Å². The Balaban J connectivity index is 1.25. The SMILES string of the molecule is COc1cc2c(cc1-c1ccc(NC(=O)NCCOCCOCCOCCOCCN)cc1)-c1c(c(C(=O)N(C)C(C)(C)C)nn1-c1cc(Cl)cc(Cl)c1)CO2. The molecule has 4 N–H and O–H groups in total. The van der Waals surface area contributed by atoms with Gasteiger partial charge >= 0.3 is 6.03 Å². The quantitative estimate of drug-likeness (QED) is 0.0901. The third-order valence-corrected chi connectivity index (χ3v) is 9.32. The molecular weight excluding hydrogens is 763 g/mol. The molecule has 0 saturated carbocycles. The van der Waals surface area contributed by atoms with Crippen LogP contribution in [0.1, 0.15) is 36.8 Å². The van der Waals surface area contributed by atoms with Crippen LogP contribution in [0.5, 0.6) is 11.5 Å². The molecule has 5 rings (SSSR count). The highest BCUT2D eigenvalue weighted by Crippen LogP contribution is 2.46. The van der Waals surface area contributed by atoms with Crippen LogP contribution in [0.3, 0.4) is 0 Å². The number of anilines is 1. The Morgan fingerprint density at radius 3 is 2.07 bits per heavy atom. The van der Waals surface area contributed by atoms with E-state index in [4.69, 9.17) is 62.5 Å². The van der Waals surface area contributed by atoms with E-state index in [0.29, 0.717) is 116 Å². The number of benzene rings is 3. The molecule has 14 nitrogen and oxygen atoms in total. The van der Waals surface area contributed by atoms with Crippen molar-refractivity contribution in [3.8, 4) is 39.6 Å². The zero-order valence-electron chi connectivity index (χ0n) is 32.4. The van der Waals surface area contributed by atoms with E-state index in [1.807, 2.05) is 45.0 Å². The number of rotatable bonds is 19. The molecular formula is C40H50Cl2N6O8. The molecule has 0 unspecified atom stereocenters. The summed E-state index contributed by atoms with van der Waals surface area (Å²) in [6, 6.07) is 15.9. The number of hydrogen-bond acceptors (Lipinski definition) is 10. The molecule has 3 aromatic carbocycles. The lowest BCUT2D eigenvalue weighted by molar-refractivity contribution is -0.000456. The standard InChI is InChI=1S/C40H50Cl2N6O8/c1-40(2,3)47(4)38(49)36-33-25-56-35-24-34(51-5)31(23-32(35)37(33)48(46-36)30-21-27(41)20-28(42)22-30)26-6-8-29(9-7-26)45-39(50)44-11-13-53-15-17-55-19-18-54-16-14-52-12-10-43/h6-9,20-24H,10-19,25,43H2,1-5H3,(H2,44,45,50). The minimum absolute atomic E-state index is 0.116. The van der Waals surface area contributed by atoms with Crippen molar-refractivity contribution in [2.24, 2.45) is 5.73 Å². The third kappa shape index (κ3) is 11.1. The summed E-state index contributed by atoms with van der Waals surface area (Å²) in [6.07, 6.45) is 0. The molecule has 0 bridgehead atoms. The van der Waals surface area contributed by atoms with Gasteiger partial charge in [-0.2, -0.15) is 5.10 Å². The highest BCUT2D eigenvalue weighted by atomic mass is 35.5. The summed E-state index contributed by atoms with van der Waals surface area (Å²) in [5.74, 6) is 0.896. The molecule has 0 saturated heterocycles. The van der Waals surface area contributed by atoms with Crippen LogP contribution in [0.2, 0.25) is 10.0 Å². The van der Waals surface area contributed by atoms with Crippen LogP contribution in [-0.4, -0.2) is 112 Å². The number of nitrogens with two attached hydrogens (primary N) is 1. The second kappa shape index (κ2) is 20.1. The third-order valence-electron chi connectivity index (χ3n) is 8.88. The van der Waals surface area contributed by atoms with Crippen molar-refractivity contribution in [2.45, 2.75) is 32.9 Å². The molecule has 3 amide bonds. The molecule has 1 aromatic heterocycles. The summed E-state index contributed by atoms with van der Waals surface area (Å²) < 4.78 is 35.4. The first-order chi connectivity index (χ1) is 26.9. The number of hydrogen-bond donors (Lipinski definition) is 3. The van der Waals surface area contributed by atoms with Crippen molar-refractivity contribution in [2.75, 3.05) is 85.4 Å². The summed E-state index contributed by atoms with van der Waals surface area (Å²) in [5, 5.41) is 11.3. The van der Waals surface area contributed by atoms with Gasteiger partial charge in [0.15, 0.2) is 5.69 Å². The summed E-state index contributed by atoms with van der Waals surface area (Å²) >= 11 is 12.9. The number of carbonyl (C=O) groups is 2. The zero-order valence-corrected chi connectivity index (χ0v) is 33.9. The number of aromatic nitrogens is 2. The largest absolute Gasteiger partial charge is 0.496 e. The zero-order chi connectivity index (χ0) is 40.2. The molecule has 1 aliphatic heterocycles. The Bertz CT molecular complexity index is 1930. The molecule has 0 spiro atoms. The molecule has 16 heteroatoms. The number of amides is 3. The molecule has 0 fully saturated rings. The Morgan fingerprint density at radius 2 is 1.48 bits per heavy atom. The van der Waals surface area contributed by atoms with Gasteiger partial charge in [-0.1, -0.05) is 35.3 Å². The fourth-order valence-corrected chi connectivity index (χ4v) is 6.26. The van der Waals surface area contributed by atoms with Crippen LogP contribution >= 0.6 is 23.2 Å². The fourth-order valence-electron chi connectivity index (χ4n) is 5.75. The van der Waals surface area contributed by atoms with Crippen LogP contribution in [0.4, 0.5) is 10.5 Å². The van der Waals surface area contributed by atoms with E-state index in [1.54, 1.807) is 54.1 Å². The monoisotopic (exact) mass is 812 g/mol. The number of fused-ring (bicyclic) bond motifs is 3. The van der Waals surface area contributed by atoms with Gasteiger partial charge in [-0.3, -0.25) is 4.79 Å². The fraction of sp³-hybridized carbons (Fsp3) is 0.425. The van der Waals surface area contributed by atoms with Crippen molar-refractivity contribution in [1.29, 1.82) is 0 Å². The number of urea groups is 1. The summed E-state index contributed by atoms with van der Waals surface area (Å²) in [4.78, 5) is 28.1. The van der Waals surface area contributed by atoms with Gasteiger partial charge in [-0.05, 0) is 62.7 Å². The number of methoxy groups -OCH3 is 1. The van der Waals surface area contributed by atoms with Gasteiger partial charge in [0.05, 0.1) is 71.3 Å². The molecule has 1 aliphatic rings. The number of nitrogens with one attached hydrogen (secondary N) is 2. The lowest BCUT2D eigenvalue weighted by atomic mass is 9.95. The number of ether oxygens (including phenoxy) is 6. The number of carbonyl (C=O) groups excluding carboxylic acids is 2. The minimum Gasteiger partial charge on any atom is -0.496 e. The first kappa shape index (κ1) is 42.7. The topological polar surface area (TPSA) is 161 Å². The first-order valence-electron chi connectivity index (χ1n) is 18.3. The molecule has 4 aromatic rings. The average Bonchev–Trinajstić information content (AvgIpc) is 3.57. The summed E-state index contributed by atoms with van der Waals surface area (Å²) in [5.41, 5.74) is 9.96. The van der Waals surface area contributed by atoms with E-state index in [2.05, 4.69) is 10.6 Å². The Hall–Kier alpha value is -4.41. The van der Waals surface area contributed by atoms with E-state index in [0.717, 1.165) is 11.1 Å². The predicted octanol–water partition coefficient (Wildman–Crippen LogP) is 6.43. The predicted molar refractivity (Wildman–Crippen MR) is 217 cm³/mol. The molecule has 56 heavy (non-hydrogen) atoms. The van der Waals surface area contributed by atoms with Crippen molar-refractivity contribution in [3.05, 3.63) is 75.9 Å². The molecule has 0 aliphatic carbocycles. The van der Waals surface area contributed by atoms with Crippen LogP contribution < -0.4 is 25.8 Å². The van der Waals surface area contributed by atoms with Crippen molar-refractivity contribution in [1.82, 2.24) is 20.0 Å². The van der Waals surface area contributed by atoms with Gasteiger partial charge < -0.3 is 49.7 Å². The molecule has 302 valence electrons. The van der Waals surface area contributed by atoms with Crippen LogP contribution in [-0.2, 0) is 25.6 Å². The van der Waals surface area contributed by atoms with Crippen LogP contribution in [0, 0.1) is 0 Å². The number of nitrogens with zero attached hydrogens (tertiary/aromatic N) is 3. The number of halogens is 2. The van der Waals surface area contributed by atoms with E-state index < -0.39 is 5.54 Å². The van der Waals surface area contributed by atoms with E-state index in [1.165, 1.54) is 0 Å². The lowest BCUT2D eigenvalue weighted by Crippen LogP contribution is -2.43. The van der Waals surface area contributed by atoms with Gasteiger partial charge in [0.1, 0.15) is 18.1 Å². The van der Waals surface area contributed by atoms with Crippen LogP contribution in [0.25, 0.3) is 28.1 Å². The maximum atomic E-state index is 13.9. The molecule has 2 heterocycles. The van der Waals surface area contributed by atoms with Crippen LogP contribution in [0.15, 0.2) is 54.6 Å². The normalized spacial score (nSPS) is 12.1. The van der Waals surface area contributed by atoms with Gasteiger partial charge in [0, 0.05) is 64.2 Å². The van der Waals surface area contributed by atoms with E-state index in [-0.39, 0.29) is 24.2 Å². The molecule has 0 radical (unpaired) electrons. The Morgan fingerprint density at radius 1 is 0.875 bits per heavy atom. The first-order valence-corrected chi connectivity index (χ1v) is 19.0. The molecule has 0 atom stereocenters. The highest BCUT2D eigenvalue weighted by molar-refractivity contribution is 6.34. The van der Waals surface area contributed by atoms with Gasteiger partial charge in [-0.15, -0.1) is 0 Å². The highest BCUT2D eigenvalue weighted by Gasteiger charge is 2.35. The minimum atomic E-state index is -0.453. The second-order valence-electron chi connectivity index (χ2n) is 13.8. The van der Waals surface area contributed by atoms with Gasteiger partial charge in [-0.25, -0.2) is 9.48 Å². The van der Waals surface area contributed by atoms with Gasteiger partial charge in [0.25, 0.3) is 5.91 Å². The van der Waals surface area contributed by atoms with E-state index >= 15 is 0 Å². The van der Waals surface area contributed by atoms with Crippen molar-refractivity contribution >= 4 is 40.8 Å². The Labute approximate surface area is 337 Å².